The van der Waals surface area contributed by atoms with Gasteiger partial charge in [-0.2, -0.15) is 0 Å². The molecule has 0 saturated heterocycles. The van der Waals surface area contributed by atoms with Gasteiger partial charge in [-0.15, -0.1) is 0 Å². The molecule has 2 nitrogen and oxygen atoms in total. The maximum absolute atomic E-state index is 11.0. The van der Waals surface area contributed by atoms with Crippen molar-refractivity contribution in [1.29, 1.82) is 0 Å². The largest absolute Gasteiger partial charge is 0.507 e. The highest BCUT2D eigenvalue weighted by Crippen LogP contribution is 2.45. The average molecular weight is 376 g/mol. The number of hydrogen-bond acceptors (Lipinski definition) is 2. The molecule has 29 heavy (non-hydrogen) atoms. The summed E-state index contributed by atoms with van der Waals surface area (Å²) in [7, 11) is 1.67. The Bertz CT molecular complexity index is 1330. The third-order valence-corrected chi connectivity index (χ3v) is 5.49. The fraction of sp³-hybridized carbons (Fsp3) is 0.0370. The minimum absolute atomic E-state index is 0.287. The summed E-state index contributed by atoms with van der Waals surface area (Å²) in [5, 5.41) is 15.4. The summed E-state index contributed by atoms with van der Waals surface area (Å²) in [6, 6.07) is 32.6. The maximum Gasteiger partial charge on any atom is 0.124 e. The molecular formula is C27H20O2. The van der Waals surface area contributed by atoms with Crippen LogP contribution in [0, 0.1) is 0 Å². The summed E-state index contributed by atoms with van der Waals surface area (Å²) in [5.74, 6) is 1.11. The predicted octanol–water partition coefficient (Wildman–Crippen LogP) is 7.04. The van der Waals surface area contributed by atoms with Crippen molar-refractivity contribution in [3.63, 3.8) is 0 Å². The van der Waals surface area contributed by atoms with E-state index in [1.807, 2.05) is 42.5 Å². The van der Waals surface area contributed by atoms with E-state index in [1.54, 1.807) is 13.2 Å². The van der Waals surface area contributed by atoms with Crippen molar-refractivity contribution in [3.05, 3.63) is 97.1 Å². The number of methoxy groups -OCH3 is 1. The lowest BCUT2D eigenvalue weighted by Crippen LogP contribution is -1.91. The van der Waals surface area contributed by atoms with E-state index in [2.05, 4.69) is 48.5 Å². The zero-order valence-corrected chi connectivity index (χ0v) is 16.1. The van der Waals surface area contributed by atoms with Crippen molar-refractivity contribution < 1.29 is 9.84 Å². The molecule has 0 heterocycles. The second-order valence-corrected chi connectivity index (χ2v) is 7.12. The highest BCUT2D eigenvalue weighted by atomic mass is 16.5. The minimum atomic E-state index is 0.287. The molecule has 0 spiro atoms. The van der Waals surface area contributed by atoms with Gasteiger partial charge < -0.3 is 9.84 Å². The third kappa shape index (κ3) is 2.90. The lowest BCUT2D eigenvalue weighted by Gasteiger charge is -2.17. The number of rotatable bonds is 3. The third-order valence-electron chi connectivity index (χ3n) is 5.49. The maximum atomic E-state index is 11.0. The molecule has 5 aromatic rings. The average Bonchev–Trinajstić information content (AvgIpc) is 2.79. The topological polar surface area (TPSA) is 29.5 Å². The smallest absolute Gasteiger partial charge is 0.124 e. The molecule has 5 rings (SSSR count). The summed E-state index contributed by atoms with van der Waals surface area (Å²) >= 11 is 0. The molecule has 0 unspecified atom stereocenters. The van der Waals surface area contributed by atoms with Crippen molar-refractivity contribution in [3.8, 4) is 33.8 Å². The first-order valence-corrected chi connectivity index (χ1v) is 9.63. The van der Waals surface area contributed by atoms with E-state index in [9.17, 15) is 5.11 Å². The molecule has 0 atom stereocenters. The van der Waals surface area contributed by atoms with E-state index >= 15 is 0 Å². The minimum Gasteiger partial charge on any atom is -0.507 e. The van der Waals surface area contributed by atoms with Crippen LogP contribution in [0.15, 0.2) is 97.1 Å². The molecule has 2 heteroatoms. The molecule has 0 saturated carbocycles. The highest BCUT2D eigenvalue weighted by Gasteiger charge is 2.17. The lowest BCUT2D eigenvalue weighted by molar-refractivity contribution is 0.415. The summed E-state index contributed by atoms with van der Waals surface area (Å²) in [6.07, 6.45) is 0. The molecule has 0 bridgehead atoms. The van der Waals surface area contributed by atoms with E-state index in [4.69, 9.17) is 4.74 Å². The Morgan fingerprint density at radius 3 is 1.83 bits per heavy atom. The molecule has 0 radical (unpaired) electrons. The van der Waals surface area contributed by atoms with Gasteiger partial charge in [-0.1, -0.05) is 78.9 Å². The number of aromatic hydroxyl groups is 1. The van der Waals surface area contributed by atoms with Crippen LogP contribution in [0.5, 0.6) is 11.5 Å². The van der Waals surface area contributed by atoms with Gasteiger partial charge in [0.2, 0.25) is 0 Å². The Hall–Kier alpha value is -3.78. The number of fused-ring (bicyclic) bond motifs is 2. The number of phenols is 1. The van der Waals surface area contributed by atoms with Crippen molar-refractivity contribution in [1.82, 2.24) is 0 Å². The van der Waals surface area contributed by atoms with Gasteiger partial charge >= 0.3 is 0 Å². The molecule has 0 aliphatic rings. The first-order valence-electron chi connectivity index (χ1n) is 9.63. The van der Waals surface area contributed by atoms with Crippen molar-refractivity contribution >= 4 is 21.5 Å². The number of hydrogen-bond donors (Lipinski definition) is 1. The van der Waals surface area contributed by atoms with Gasteiger partial charge in [-0.05, 0) is 50.9 Å². The quantitative estimate of drug-likeness (QED) is 0.366. The monoisotopic (exact) mass is 376 g/mol. The molecular weight excluding hydrogens is 356 g/mol. The zero-order valence-electron chi connectivity index (χ0n) is 16.1. The van der Waals surface area contributed by atoms with Crippen LogP contribution < -0.4 is 4.74 Å². The van der Waals surface area contributed by atoms with E-state index < -0.39 is 0 Å². The van der Waals surface area contributed by atoms with Crippen LogP contribution in [0.3, 0.4) is 0 Å². The second-order valence-electron chi connectivity index (χ2n) is 7.12. The summed E-state index contributed by atoms with van der Waals surface area (Å²) in [5.41, 5.74) is 4.07. The summed E-state index contributed by atoms with van der Waals surface area (Å²) < 4.78 is 5.33. The second kappa shape index (κ2) is 6.99. The van der Waals surface area contributed by atoms with Gasteiger partial charge in [-0.3, -0.25) is 0 Å². The standard InChI is InChI=1S/C27H20O2/c1-29-21-14-10-20(11-15-21)24-16-12-18-6-2-4-8-22(18)26(24)27-23-9-5-3-7-19(23)13-17-25(27)28/h2-17,28H,1H3. The van der Waals surface area contributed by atoms with Crippen LogP contribution >= 0.6 is 0 Å². The van der Waals surface area contributed by atoms with Crippen LogP contribution in [-0.4, -0.2) is 12.2 Å². The Morgan fingerprint density at radius 1 is 0.586 bits per heavy atom. The Labute approximate surface area is 169 Å². The highest BCUT2D eigenvalue weighted by molar-refractivity contribution is 6.12. The van der Waals surface area contributed by atoms with Crippen molar-refractivity contribution in [2.24, 2.45) is 0 Å². The molecule has 0 aromatic heterocycles. The van der Waals surface area contributed by atoms with Gasteiger partial charge in [-0.25, -0.2) is 0 Å². The van der Waals surface area contributed by atoms with Crippen LogP contribution in [0.4, 0.5) is 0 Å². The van der Waals surface area contributed by atoms with Gasteiger partial charge in [0.1, 0.15) is 11.5 Å². The van der Waals surface area contributed by atoms with E-state index in [0.29, 0.717) is 0 Å². The van der Waals surface area contributed by atoms with E-state index in [1.165, 1.54) is 0 Å². The Kier molecular flexibility index (Phi) is 4.18. The van der Waals surface area contributed by atoms with E-state index in [0.717, 1.165) is 49.5 Å². The summed E-state index contributed by atoms with van der Waals surface area (Å²) in [4.78, 5) is 0. The molecule has 5 aromatic carbocycles. The Morgan fingerprint density at radius 2 is 1.17 bits per heavy atom. The van der Waals surface area contributed by atoms with Gasteiger partial charge in [0.15, 0.2) is 0 Å². The predicted molar refractivity (Wildman–Crippen MR) is 121 cm³/mol. The molecule has 140 valence electrons. The SMILES string of the molecule is COc1ccc(-c2ccc3ccccc3c2-c2c(O)ccc3ccccc23)cc1. The first kappa shape index (κ1) is 17.3. The van der Waals surface area contributed by atoms with Crippen LogP contribution in [0.2, 0.25) is 0 Å². The Balaban J connectivity index is 1.91. The van der Waals surface area contributed by atoms with Crippen LogP contribution in [0.1, 0.15) is 0 Å². The van der Waals surface area contributed by atoms with Crippen LogP contribution in [-0.2, 0) is 0 Å². The first-order chi connectivity index (χ1) is 14.3. The van der Waals surface area contributed by atoms with Crippen molar-refractivity contribution in [2.45, 2.75) is 0 Å². The molecule has 0 amide bonds. The number of benzene rings is 5. The normalized spacial score (nSPS) is 11.1. The van der Waals surface area contributed by atoms with Gasteiger partial charge in [0, 0.05) is 11.1 Å². The van der Waals surface area contributed by atoms with Crippen LogP contribution in [0.25, 0.3) is 43.8 Å². The molecule has 0 fully saturated rings. The molecule has 1 N–H and O–H groups in total. The van der Waals surface area contributed by atoms with E-state index in [-0.39, 0.29) is 5.75 Å². The number of phenolic OH excluding ortho intramolecular Hbond substituents is 1. The number of ether oxygens (including phenoxy) is 1. The van der Waals surface area contributed by atoms with Crippen molar-refractivity contribution in [2.75, 3.05) is 7.11 Å². The lowest BCUT2D eigenvalue weighted by atomic mass is 9.87. The molecule has 0 aliphatic heterocycles. The van der Waals surface area contributed by atoms with Gasteiger partial charge in [0.05, 0.1) is 7.11 Å². The zero-order chi connectivity index (χ0) is 19.8. The fourth-order valence-electron chi connectivity index (χ4n) is 4.07. The molecule has 0 aliphatic carbocycles. The summed E-state index contributed by atoms with van der Waals surface area (Å²) in [6.45, 7) is 0. The fourth-order valence-corrected chi connectivity index (χ4v) is 4.07. The van der Waals surface area contributed by atoms with Gasteiger partial charge in [0.25, 0.3) is 0 Å².